The average molecular weight is 327 g/mol. The fourth-order valence-electron chi connectivity index (χ4n) is 2.45. The summed E-state index contributed by atoms with van der Waals surface area (Å²) in [5, 5.41) is 0. The summed E-state index contributed by atoms with van der Waals surface area (Å²) in [6.45, 7) is 0.207. The van der Waals surface area contributed by atoms with Gasteiger partial charge in [0.25, 0.3) is 5.91 Å². The van der Waals surface area contributed by atoms with Crippen molar-refractivity contribution in [1.29, 1.82) is 0 Å². The Balaban J connectivity index is 1.59. The van der Waals surface area contributed by atoms with E-state index in [9.17, 15) is 9.59 Å². The van der Waals surface area contributed by atoms with Crippen LogP contribution in [0, 0.1) is 0 Å². The van der Waals surface area contributed by atoms with E-state index < -0.39 is 18.0 Å². The second-order valence-electron chi connectivity index (χ2n) is 5.37. The molecule has 0 radical (unpaired) electrons. The van der Waals surface area contributed by atoms with Crippen LogP contribution in [0.15, 0.2) is 48.5 Å². The van der Waals surface area contributed by atoms with Gasteiger partial charge in [0, 0.05) is 12.0 Å². The lowest BCUT2D eigenvalue weighted by atomic mass is 10.1. The molecule has 2 N–H and O–H groups in total. The van der Waals surface area contributed by atoms with Crippen LogP contribution in [-0.4, -0.2) is 18.7 Å². The number of fused-ring (bicyclic) bond motifs is 1. The van der Waals surface area contributed by atoms with Gasteiger partial charge in [0.05, 0.1) is 0 Å². The van der Waals surface area contributed by atoms with Gasteiger partial charge in [0.2, 0.25) is 12.9 Å². The highest BCUT2D eigenvalue weighted by molar-refractivity contribution is 5.83. The van der Waals surface area contributed by atoms with Crippen molar-refractivity contribution in [2.24, 2.45) is 5.73 Å². The molecule has 3 rings (SSSR count). The largest absolute Gasteiger partial charge is 0.454 e. The number of primary amides is 1. The van der Waals surface area contributed by atoms with Gasteiger partial charge >= 0.3 is 5.97 Å². The highest BCUT2D eigenvalue weighted by Gasteiger charge is 2.22. The molecule has 0 saturated heterocycles. The minimum atomic E-state index is -1.07. The van der Waals surface area contributed by atoms with Crippen LogP contribution >= 0.6 is 0 Å². The molecule has 1 heterocycles. The van der Waals surface area contributed by atoms with Gasteiger partial charge in [-0.2, -0.15) is 0 Å². The molecule has 124 valence electrons. The molecular weight excluding hydrogens is 310 g/mol. The molecule has 2 aromatic carbocycles. The number of hydrogen-bond donors (Lipinski definition) is 1. The third kappa shape index (κ3) is 3.65. The van der Waals surface area contributed by atoms with Gasteiger partial charge in [-0.25, -0.2) is 0 Å². The number of nitrogens with two attached hydrogens (primary N) is 1. The van der Waals surface area contributed by atoms with Crippen LogP contribution in [0.4, 0.5) is 0 Å². The molecule has 0 aliphatic carbocycles. The molecule has 24 heavy (non-hydrogen) atoms. The van der Waals surface area contributed by atoms with Crippen molar-refractivity contribution in [3.63, 3.8) is 0 Å². The lowest BCUT2D eigenvalue weighted by Gasteiger charge is -2.15. The summed E-state index contributed by atoms with van der Waals surface area (Å²) in [5.41, 5.74) is 6.82. The molecule has 1 unspecified atom stereocenters. The van der Waals surface area contributed by atoms with E-state index in [0.29, 0.717) is 23.5 Å². The van der Waals surface area contributed by atoms with Crippen LogP contribution in [0.5, 0.6) is 11.5 Å². The summed E-state index contributed by atoms with van der Waals surface area (Å²) in [5.74, 6) is 0.178. The van der Waals surface area contributed by atoms with Crippen LogP contribution in [0.3, 0.4) is 0 Å². The molecule has 1 atom stereocenters. The molecule has 2 aromatic rings. The molecule has 0 bridgehead atoms. The standard InChI is InChI=1S/C18H17NO5/c19-18(21)17(13-4-2-1-3-5-13)24-16(20)9-7-12-6-8-14-15(10-12)23-11-22-14/h1-6,8,10,17H,7,9,11H2,(H2,19,21). The first-order valence-corrected chi connectivity index (χ1v) is 7.56. The number of rotatable bonds is 6. The van der Waals surface area contributed by atoms with Crippen LogP contribution < -0.4 is 15.2 Å². The van der Waals surface area contributed by atoms with E-state index in [1.807, 2.05) is 18.2 Å². The minimum Gasteiger partial charge on any atom is -0.454 e. The fourth-order valence-corrected chi connectivity index (χ4v) is 2.45. The number of benzene rings is 2. The van der Waals surface area contributed by atoms with E-state index in [2.05, 4.69) is 0 Å². The maximum atomic E-state index is 12.1. The van der Waals surface area contributed by atoms with Gasteiger partial charge in [0.15, 0.2) is 11.5 Å². The summed E-state index contributed by atoms with van der Waals surface area (Å²) in [7, 11) is 0. The zero-order valence-corrected chi connectivity index (χ0v) is 12.9. The Morgan fingerprint density at radius 3 is 2.58 bits per heavy atom. The zero-order valence-electron chi connectivity index (χ0n) is 12.9. The van der Waals surface area contributed by atoms with E-state index in [0.717, 1.165) is 5.56 Å². The fraction of sp³-hybridized carbons (Fsp3) is 0.222. The van der Waals surface area contributed by atoms with Gasteiger partial charge in [-0.05, 0) is 24.1 Å². The summed E-state index contributed by atoms with van der Waals surface area (Å²) >= 11 is 0. The Morgan fingerprint density at radius 1 is 1.08 bits per heavy atom. The Morgan fingerprint density at radius 2 is 1.83 bits per heavy atom. The molecule has 0 spiro atoms. The SMILES string of the molecule is NC(=O)C(OC(=O)CCc1ccc2c(c1)OCO2)c1ccccc1. The molecule has 0 aromatic heterocycles. The lowest BCUT2D eigenvalue weighted by Crippen LogP contribution is -2.26. The number of carbonyl (C=O) groups is 2. The minimum absolute atomic E-state index is 0.135. The Kier molecular flexibility index (Phi) is 4.65. The van der Waals surface area contributed by atoms with Crippen LogP contribution in [-0.2, 0) is 20.7 Å². The van der Waals surface area contributed by atoms with Crippen LogP contribution in [0.25, 0.3) is 0 Å². The quantitative estimate of drug-likeness (QED) is 0.821. The summed E-state index contributed by atoms with van der Waals surface area (Å²) < 4.78 is 15.8. The van der Waals surface area contributed by atoms with Gasteiger partial charge in [-0.15, -0.1) is 0 Å². The Labute approximate surface area is 139 Å². The molecule has 6 heteroatoms. The van der Waals surface area contributed by atoms with Gasteiger partial charge in [-0.1, -0.05) is 36.4 Å². The van der Waals surface area contributed by atoms with E-state index in [4.69, 9.17) is 19.9 Å². The van der Waals surface area contributed by atoms with Crippen molar-refractivity contribution < 1.29 is 23.8 Å². The van der Waals surface area contributed by atoms with Gasteiger partial charge < -0.3 is 19.9 Å². The van der Waals surface area contributed by atoms with Crippen molar-refractivity contribution in [1.82, 2.24) is 0 Å². The summed E-state index contributed by atoms with van der Waals surface area (Å²) in [6, 6.07) is 14.2. The molecule has 0 saturated carbocycles. The number of hydrogen-bond acceptors (Lipinski definition) is 5. The number of ether oxygens (including phenoxy) is 3. The molecular formula is C18H17NO5. The third-order valence-corrected chi connectivity index (χ3v) is 3.66. The maximum absolute atomic E-state index is 12.1. The normalized spacial score (nSPS) is 13.3. The molecule has 1 aliphatic heterocycles. The smallest absolute Gasteiger partial charge is 0.307 e. The second-order valence-corrected chi connectivity index (χ2v) is 5.37. The Bertz CT molecular complexity index is 744. The number of aryl methyl sites for hydroxylation is 1. The lowest BCUT2D eigenvalue weighted by molar-refractivity contribution is -0.155. The molecule has 1 aliphatic rings. The summed E-state index contributed by atoms with van der Waals surface area (Å²) in [6.07, 6.45) is -0.470. The second kappa shape index (κ2) is 7.04. The average Bonchev–Trinajstić information content (AvgIpc) is 3.06. The van der Waals surface area contributed by atoms with Crippen LogP contribution in [0.1, 0.15) is 23.7 Å². The maximum Gasteiger partial charge on any atom is 0.307 e. The van der Waals surface area contributed by atoms with Crippen molar-refractivity contribution in [3.05, 3.63) is 59.7 Å². The molecule has 1 amide bonds. The van der Waals surface area contributed by atoms with E-state index in [1.165, 1.54) is 0 Å². The van der Waals surface area contributed by atoms with Crippen molar-refractivity contribution in [2.45, 2.75) is 18.9 Å². The first-order valence-electron chi connectivity index (χ1n) is 7.56. The van der Waals surface area contributed by atoms with Crippen LogP contribution in [0.2, 0.25) is 0 Å². The first kappa shape index (κ1) is 15.9. The van der Waals surface area contributed by atoms with Crippen molar-refractivity contribution >= 4 is 11.9 Å². The number of amides is 1. The summed E-state index contributed by atoms with van der Waals surface area (Å²) in [4.78, 5) is 23.6. The predicted octanol–water partition coefficient (Wildman–Crippen LogP) is 2.12. The van der Waals surface area contributed by atoms with Crippen molar-refractivity contribution in [2.75, 3.05) is 6.79 Å². The monoisotopic (exact) mass is 327 g/mol. The number of esters is 1. The highest BCUT2D eigenvalue weighted by atomic mass is 16.7. The van der Waals surface area contributed by atoms with Gasteiger partial charge in [0.1, 0.15) is 0 Å². The van der Waals surface area contributed by atoms with Gasteiger partial charge in [-0.3, -0.25) is 9.59 Å². The van der Waals surface area contributed by atoms with Crippen molar-refractivity contribution in [3.8, 4) is 11.5 Å². The predicted molar refractivity (Wildman–Crippen MR) is 85.4 cm³/mol. The Hall–Kier alpha value is -3.02. The topological polar surface area (TPSA) is 87.9 Å². The first-order chi connectivity index (χ1) is 11.6. The van der Waals surface area contributed by atoms with E-state index >= 15 is 0 Å². The van der Waals surface area contributed by atoms with E-state index in [-0.39, 0.29) is 13.2 Å². The zero-order chi connectivity index (χ0) is 16.9. The third-order valence-electron chi connectivity index (χ3n) is 3.66. The molecule has 6 nitrogen and oxygen atoms in total. The number of carbonyl (C=O) groups excluding carboxylic acids is 2. The molecule has 0 fully saturated rings. The highest BCUT2D eigenvalue weighted by Crippen LogP contribution is 2.32. The van der Waals surface area contributed by atoms with E-state index in [1.54, 1.807) is 30.3 Å².